The molecule has 5 aromatic rings. The van der Waals surface area contributed by atoms with Crippen LogP contribution >= 0.6 is 0 Å². The van der Waals surface area contributed by atoms with Gasteiger partial charge in [-0.1, -0.05) is 72.8 Å². The molecule has 5 rings (SSSR count). The molecule has 0 atom stereocenters. The Balaban J connectivity index is 1.45. The zero-order valence-electron chi connectivity index (χ0n) is 17.7. The van der Waals surface area contributed by atoms with Gasteiger partial charge in [0.25, 0.3) is 0 Å². The summed E-state index contributed by atoms with van der Waals surface area (Å²) in [7, 11) is 0. The third kappa shape index (κ3) is 4.03. The molecule has 0 radical (unpaired) electrons. The van der Waals surface area contributed by atoms with E-state index in [1.807, 2.05) is 110 Å². The quantitative estimate of drug-likeness (QED) is 0.351. The van der Waals surface area contributed by atoms with Gasteiger partial charge in [0.1, 0.15) is 5.52 Å². The van der Waals surface area contributed by atoms with Gasteiger partial charge in [0.05, 0.1) is 5.92 Å². The lowest BCUT2D eigenvalue weighted by atomic mass is 9.90. The van der Waals surface area contributed by atoms with Crippen molar-refractivity contribution in [3.05, 3.63) is 120 Å². The van der Waals surface area contributed by atoms with E-state index in [9.17, 15) is 4.79 Å². The fourth-order valence-electron chi connectivity index (χ4n) is 3.89. The van der Waals surface area contributed by atoms with Gasteiger partial charge in [-0.05, 0) is 53.9 Å². The van der Waals surface area contributed by atoms with E-state index in [-0.39, 0.29) is 5.91 Å². The second-order valence-electron chi connectivity index (χ2n) is 7.81. The van der Waals surface area contributed by atoms with E-state index >= 15 is 0 Å². The Bertz CT molecular complexity index is 1340. The molecule has 0 spiro atoms. The highest BCUT2D eigenvalue weighted by Crippen LogP contribution is 2.29. The molecule has 32 heavy (non-hydrogen) atoms. The van der Waals surface area contributed by atoms with Crippen molar-refractivity contribution in [2.24, 2.45) is 0 Å². The van der Waals surface area contributed by atoms with Gasteiger partial charge in [-0.3, -0.25) is 4.79 Å². The fourth-order valence-corrected chi connectivity index (χ4v) is 3.89. The number of nitrogens with one attached hydrogen (secondary N) is 1. The number of carbonyl (C=O) groups excluding carboxylic acids is 1. The maximum atomic E-state index is 13.4. The molecule has 4 nitrogen and oxygen atoms in total. The van der Waals surface area contributed by atoms with Crippen LogP contribution < -0.4 is 5.32 Å². The Morgan fingerprint density at radius 1 is 0.812 bits per heavy atom. The van der Waals surface area contributed by atoms with Crippen LogP contribution in [0.2, 0.25) is 0 Å². The van der Waals surface area contributed by atoms with Crippen molar-refractivity contribution in [1.82, 2.24) is 4.98 Å². The second kappa shape index (κ2) is 8.52. The summed E-state index contributed by atoms with van der Waals surface area (Å²) in [5, 5.41) is 3.08. The number of fused-ring (bicyclic) bond motifs is 1. The highest BCUT2D eigenvalue weighted by atomic mass is 16.3. The van der Waals surface area contributed by atoms with Crippen molar-refractivity contribution in [2.75, 3.05) is 5.32 Å². The average Bonchev–Trinajstić information content (AvgIpc) is 3.24. The van der Waals surface area contributed by atoms with Gasteiger partial charge < -0.3 is 9.73 Å². The molecule has 1 N–H and O–H groups in total. The van der Waals surface area contributed by atoms with Crippen LogP contribution in [-0.2, 0) is 4.79 Å². The van der Waals surface area contributed by atoms with E-state index in [1.54, 1.807) is 0 Å². The van der Waals surface area contributed by atoms with Crippen LogP contribution in [0, 0.1) is 6.92 Å². The van der Waals surface area contributed by atoms with Crippen molar-refractivity contribution in [3.63, 3.8) is 0 Å². The standard InChI is InChI=1S/C28H22N2O2/c1-19-15-16-25-24(17-19)30-28(32-25)22-13-8-14-23(18-22)29-27(31)26(20-9-4-2-5-10-20)21-11-6-3-7-12-21/h2-18,26H,1H3,(H,29,31). The highest BCUT2D eigenvalue weighted by Gasteiger charge is 2.23. The molecule has 4 aromatic carbocycles. The fraction of sp³-hybridized carbons (Fsp3) is 0.0714. The summed E-state index contributed by atoms with van der Waals surface area (Å²) in [4.78, 5) is 18.0. The molecule has 0 saturated heterocycles. The molecule has 0 bridgehead atoms. The molecule has 0 aliphatic carbocycles. The van der Waals surface area contributed by atoms with E-state index in [4.69, 9.17) is 4.42 Å². The molecule has 0 unspecified atom stereocenters. The topological polar surface area (TPSA) is 55.1 Å². The summed E-state index contributed by atoms with van der Waals surface area (Å²) >= 11 is 0. The molecular formula is C28H22N2O2. The predicted molar refractivity (Wildman–Crippen MR) is 128 cm³/mol. The van der Waals surface area contributed by atoms with Crippen LogP contribution in [-0.4, -0.2) is 10.9 Å². The first-order valence-electron chi connectivity index (χ1n) is 10.6. The van der Waals surface area contributed by atoms with E-state index in [1.165, 1.54) is 0 Å². The van der Waals surface area contributed by atoms with Gasteiger partial charge in [0.2, 0.25) is 11.8 Å². The molecule has 0 aliphatic heterocycles. The van der Waals surface area contributed by atoms with Gasteiger partial charge >= 0.3 is 0 Å². The number of aryl methyl sites for hydroxylation is 1. The number of rotatable bonds is 5. The lowest BCUT2D eigenvalue weighted by molar-refractivity contribution is -0.116. The minimum Gasteiger partial charge on any atom is -0.436 e. The number of hydrogen-bond acceptors (Lipinski definition) is 3. The minimum absolute atomic E-state index is 0.0901. The summed E-state index contributed by atoms with van der Waals surface area (Å²) in [6.45, 7) is 2.03. The van der Waals surface area contributed by atoms with Crippen LogP contribution in [0.15, 0.2) is 108 Å². The van der Waals surface area contributed by atoms with Crippen molar-refractivity contribution in [2.45, 2.75) is 12.8 Å². The number of hydrogen-bond donors (Lipinski definition) is 1. The van der Waals surface area contributed by atoms with Crippen LogP contribution in [0.3, 0.4) is 0 Å². The molecule has 4 heteroatoms. The number of amides is 1. The van der Waals surface area contributed by atoms with Gasteiger partial charge in [0, 0.05) is 11.3 Å². The number of oxazole rings is 1. The number of nitrogens with zero attached hydrogens (tertiary/aromatic N) is 1. The van der Waals surface area contributed by atoms with Gasteiger partial charge in [-0.2, -0.15) is 0 Å². The minimum atomic E-state index is -0.409. The Hall–Kier alpha value is -4.18. The zero-order chi connectivity index (χ0) is 21.9. The van der Waals surface area contributed by atoms with Gasteiger partial charge in [0.15, 0.2) is 5.58 Å². The summed E-state index contributed by atoms with van der Waals surface area (Å²) in [6, 6.07) is 33.2. The van der Waals surface area contributed by atoms with Crippen LogP contribution in [0.5, 0.6) is 0 Å². The third-order valence-corrected chi connectivity index (χ3v) is 5.45. The van der Waals surface area contributed by atoms with E-state index in [2.05, 4.69) is 10.3 Å². The maximum Gasteiger partial charge on any atom is 0.236 e. The van der Waals surface area contributed by atoms with Crippen molar-refractivity contribution < 1.29 is 9.21 Å². The monoisotopic (exact) mass is 418 g/mol. The van der Waals surface area contributed by atoms with Crippen molar-refractivity contribution >= 4 is 22.7 Å². The Morgan fingerprint density at radius 3 is 2.19 bits per heavy atom. The first-order valence-corrected chi connectivity index (χ1v) is 10.6. The summed E-state index contributed by atoms with van der Waals surface area (Å²) in [6.07, 6.45) is 0. The maximum absolute atomic E-state index is 13.4. The van der Waals surface area contributed by atoms with Crippen LogP contribution in [0.4, 0.5) is 5.69 Å². The Labute approximate surface area is 186 Å². The lowest BCUT2D eigenvalue weighted by Crippen LogP contribution is -2.22. The molecular weight excluding hydrogens is 396 g/mol. The highest BCUT2D eigenvalue weighted by molar-refractivity contribution is 5.98. The summed E-state index contributed by atoms with van der Waals surface area (Å²) in [5.74, 6) is 0.0328. The number of carbonyl (C=O) groups is 1. The van der Waals surface area contributed by atoms with Crippen molar-refractivity contribution in [3.8, 4) is 11.5 Å². The van der Waals surface area contributed by atoms with Gasteiger partial charge in [-0.15, -0.1) is 0 Å². The van der Waals surface area contributed by atoms with E-state index < -0.39 is 5.92 Å². The number of aromatic nitrogens is 1. The third-order valence-electron chi connectivity index (χ3n) is 5.45. The lowest BCUT2D eigenvalue weighted by Gasteiger charge is -2.18. The van der Waals surface area contributed by atoms with Gasteiger partial charge in [-0.25, -0.2) is 4.98 Å². The molecule has 1 aromatic heterocycles. The largest absolute Gasteiger partial charge is 0.436 e. The normalized spacial score (nSPS) is 11.1. The molecule has 156 valence electrons. The Kier molecular flexibility index (Phi) is 5.26. The number of anilines is 1. The SMILES string of the molecule is Cc1ccc2oc(-c3cccc(NC(=O)C(c4ccccc4)c4ccccc4)c3)nc2c1. The smallest absolute Gasteiger partial charge is 0.236 e. The Morgan fingerprint density at radius 2 is 1.50 bits per heavy atom. The van der Waals surface area contributed by atoms with E-state index in [0.29, 0.717) is 11.6 Å². The van der Waals surface area contributed by atoms with Crippen LogP contribution in [0.25, 0.3) is 22.6 Å². The second-order valence-corrected chi connectivity index (χ2v) is 7.81. The predicted octanol–water partition coefficient (Wildman–Crippen LogP) is 6.57. The molecule has 0 fully saturated rings. The molecule has 1 heterocycles. The summed E-state index contributed by atoms with van der Waals surface area (Å²) in [5.41, 5.74) is 6.10. The first kappa shape index (κ1) is 19.8. The average molecular weight is 418 g/mol. The first-order chi connectivity index (χ1) is 15.7. The zero-order valence-corrected chi connectivity index (χ0v) is 17.7. The van der Waals surface area contributed by atoms with Crippen molar-refractivity contribution in [1.29, 1.82) is 0 Å². The number of benzene rings is 4. The molecule has 0 aliphatic rings. The summed E-state index contributed by atoms with van der Waals surface area (Å²) < 4.78 is 5.93. The van der Waals surface area contributed by atoms with Crippen LogP contribution in [0.1, 0.15) is 22.6 Å². The van der Waals surface area contributed by atoms with E-state index in [0.717, 1.165) is 33.4 Å². The molecule has 1 amide bonds. The molecule has 0 saturated carbocycles.